The van der Waals surface area contributed by atoms with Crippen LogP contribution in [0.3, 0.4) is 0 Å². The fraction of sp³-hybridized carbons (Fsp3) is 0.130. The van der Waals surface area contributed by atoms with Gasteiger partial charge in [-0.25, -0.2) is 4.98 Å². The predicted octanol–water partition coefficient (Wildman–Crippen LogP) is 6.72. The van der Waals surface area contributed by atoms with Gasteiger partial charge >= 0.3 is 0 Å². The van der Waals surface area contributed by atoms with Crippen LogP contribution in [-0.2, 0) is 11.2 Å². The predicted molar refractivity (Wildman–Crippen MR) is 113 cm³/mol. The molecule has 3 aromatic carbocycles. The zero-order chi connectivity index (χ0) is 19.7. The number of halogens is 2. The Balaban J connectivity index is 1.57. The standard InChI is InChI=1S/C23H17Cl2NO2/c1-14(17-8-5-9-18(24)22(17)25)20(27)12-15-10-11-19-21(13-15)28-23(26-19)16-6-3-2-4-7-16/h2-11,13-14H,12H2,1H3. The molecule has 4 rings (SSSR count). The maximum atomic E-state index is 12.8. The van der Waals surface area contributed by atoms with Gasteiger partial charge < -0.3 is 4.42 Å². The summed E-state index contributed by atoms with van der Waals surface area (Å²) in [5.74, 6) is 0.279. The Hall–Kier alpha value is -2.62. The fourth-order valence-electron chi connectivity index (χ4n) is 3.17. The van der Waals surface area contributed by atoms with E-state index in [0.29, 0.717) is 21.5 Å². The van der Waals surface area contributed by atoms with Crippen LogP contribution in [0.25, 0.3) is 22.6 Å². The van der Waals surface area contributed by atoms with Crippen LogP contribution in [0.4, 0.5) is 0 Å². The van der Waals surface area contributed by atoms with Crippen molar-refractivity contribution in [2.75, 3.05) is 0 Å². The van der Waals surface area contributed by atoms with Crippen molar-refractivity contribution in [2.45, 2.75) is 19.3 Å². The van der Waals surface area contributed by atoms with Gasteiger partial charge in [-0.2, -0.15) is 0 Å². The number of nitrogens with zero attached hydrogens (tertiary/aromatic N) is 1. The lowest BCUT2D eigenvalue weighted by Crippen LogP contribution is -2.12. The van der Waals surface area contributed by atoms with E-state index >= 15 is 0 Å². The molecule has 0 saturated heterocycles. The summed E-state index contributed by atoms with van der Waals surface area (Å²) in [6.07, 6.45) is 0.279. The molecule has 0 aliphatic rings. The summed E-state index contributed by atoms with van der Waals surface area (Å²) in [6, 6.07) is 20.7. The molecule has 1 heterocycles. The van der Waals surface area contributed by atoms with E-state index in [1.54, 1.807) is 12.1 Å². The monoisotopic (exact) mass is 409 g/mol. The van der Waals surface area contributed by atoms with Gasteiger partial charge in [0, 0.05) is 17.9 Å². The van der Waals surface area contributed by atoms with Crippen LogP contribution in [0, 0.1) is 0 Å². The van der Waals surface area contributed by atoms with E-state index in [2.05, 4.69) is 4.98 Å². The number of oxazole rings is 1. The number of benzene rings is 3. The number of carbonyl (C=O) groups is 1. The van der Waals surface area contributed by atoms with E-state index in [4.69, 9.17) is 27.6 Å². The van der Waals surface area contributed by atoms with Crippen molar-refractivity contribution in [3.05, 3.63) is 87.9 Å². The van der Waals surface area contributed by atoms with Gasteiger partial charge in [-0.1, -0.05) is 66.5 Å². The number of hydrogen-bond acceptors (Lipinski definition) is 3. The molecule has 1 aromatic heterocycles. The van der Waals surface area contributed by atoms with Crippen LogP contribution in [0.15, 0.2) is 71.1 Å². The lowest BCUT2D eigenvalue weighted by molar-refractivity contribution is -0.119. The van der Waals surface area contributed by atoms with Crippen LogP contribution < -0.4 is 0 Å². The van der Waals surface area contributed by atoms with E-state index in [-0.39, 0.29) is 18.1 Å². The lowest BCUT2D eigenvalue weighted by Gasteiger charge is -2.13. The van der Waals surface area contributed by atoms with E-state index in [1.165, 1.54) is 0 Å². The molecule has 4 aromatic rings. The molecule has 5 heteroatoms. The Morgan fingerprint density at radius 1 is 1.04 bits per heavy atom. The molecule has 1 atom stereocenters. The Bertz CT molecular complexity index is 1150. The third kappa shape index (κ3) is 3.68. The fourth-order valence-corrected chi connectivity index (χ4v) is 3.64. The van der Waals surface area contributed by atoms with Crippen LogP contribution in [0.2, 0.25) is 10.0 Å². The topological polar surface area (TPSA) is 43.1 Å². The summed E-state index contributed by atoms with van der Waals surface area (Å²) >= 11 is 12.3. The molecule has 3 nitrogen and oxygen atoms in total. The van der Waals surface area contributed by atoms with Crippen LogP contribution in [0.5, 0.6) is 0 Å². The Morgan fingerprint density at radius 3 is 2.61 bits per heavy atom. The van der Waals surface area contributed by atoms with Gasteiger partial charge in [0.25, 0.3) is 0 Å². The van der Waals surface area contributed by atoms with Crippen LogP contribution >= 0.6 is 23.2 Å². The van der Waals surface area contributed by atoms with E-state index < -0.39 is 0 Å². The van der Waals surface area contributed by atoms with Crippen molar-refractivity contribution in [2.24, 2.45) is 0 Å². The molecule has 0 aliphatic heterocycles. The van der Waals surface area contributed by atoms with E-state index in [1.807, 2.05) is 61.5 Å². The van der Waals surface area contributed by atoms with Crippen LogP contribution in [-0.4, -0.2) is 10.8 Å². The zero-order valence-electron chi connectivity index (χ0n) is 15.2. The number of rotatable bonds is 5. The highest BCUT2D eigenvalue weighted by Crippen LogP contribution is 2.32. The van der Waals surface area contributed by atoms with E-state index in [0.717, 1.165) is 22.2 Å². The summed E-state index contributed by atoms with van der Waals surface area (Å²) in [4.78, 5) is 17.3. The SMILES string of the molecule is CC(C(=O)Cc1ccc2nc(-c3ccccc3)oc2c1)c1cccc(Cl)c1Cl. The molecule has 0 N–H and O–H groups in total. The van der Waals surface area contributed by atoms with Gasteiger partial charge in [-0.15, -0.1) is 0 Å². The smallest absolute Gasteiger partial charge is 0.227 e. The van der Waals surface area contributed by atoms with Crippen molar-refractivity contribution in [1.29, 1.82) is 0 Å². The minimum Gasteiger partial charge on any atom is -0.436 e. The van der Waals surface area contributed by atoms with Crippen LogP contribution in [0.1, 0.15) is 24.0 Å². The largest absolute Gasteiger partial charge is 0.436 e. The highest BCUT2D eigenvalue weighted by Gasteiger charge is 2.20. The Kier molecular flexibility index (Phi) is 5.21. The number of aromatic nitrogens is 1. The molecule has 140 valence electrons. The molecule has 0 amide bonds. The first-order valence-corrected chi connectivity index (χ1v) is 9.70. The summed E-state index contributed by atoms with van der Waals surface area (Å²) in [6.45, 7) is 1.85. The number of carbonyl (C=O) groups excluding carboxylic acids is 1. The molecular formula is C23H17Cl2NO2. The van der Waals surface area contributed by atoms with Crippen molar-refractivity contribution < 1.29 is 9.21 Å². The average Bonchev–Trinajstić information content (AvgIpc) is 3.13. The molecule has 0 aliphatic carbocycles. The molecule has 0 radical (unpaired) electrons. The zero-order valence-corrected chi connectivity index (χ0v) is 16.7. The van der Waals surface area contributed by atoms with Gasteiger partial charge in [0.15, 0.2) is 5.58 Å². The van der Waals surface area contributed by atoms with Gasteiger partial charge in [0.1, 0.15) is 11.3 Å². The van der Waals surface area contributed by atoms with Crippen molar-refractivity contribution in [3.63, 3.8) is 0 Å². The molecule has 0 bridgehead atoms. The third-order valence-electron chi connectivity index (χ3n) is 4.78. The first-order valence-electron chi connectivity index (χ1n) is 8.94. The second kappa shape index (κ2) is 7.78. The normalized spacial score (nSPS) is 12.2. The maximum absolute atomic E-state index is 12.8. The number of ketones is 1. The maximum Gasteiger partial charge on any atom is 0.227 e. The second-order valence-electron chi connectivity index (χ2n) is 6.69. The van der Waals surface area contributed by atoms with Gasteiger partial charge in [0.05, 0.1) is 10.0 Å². The van der Waals surface area contributed by atoms with Gasteiger partial charge in [-0.3, -0.25) is 4.79 Å². The quantitative estimate of drug-likeness (QED) is 0.367. The Morgan fingerprint density at radius 2 is 1.82 bits per heavy atom. The summed E-state index contributed by atoms with van der Waals surface area (Å²) in [7, 11) is 0. The second-order valence-corrected chi connectivity index (χ2v) is 7.48. The lowest BCUT2D eigenvalue weighted by atomic mass is 9.92. The van der Waals surface area contributed by atoms with Crippen molar-refractivity contribution >= 4 is 40.1 Å². The summed E-state index contributed by atoms with van der Waals surface area (Å²) < 4.78 is 5.90. The van der Waals surface area contributed by atoms with Crippen molar-refractivity contribution in [3.8, 4) is 11.5 Å². The number of hydrogen-bond donors (Lipinski definition) is 0. The molecule has 0 spiro atoms. The molecule has 0 saturated carbocycles. The molecular weight excluding hydrogens is 393 g/mol. The van der Waals surface area contributed by atoms with E-state index in [9.17, 15) is 4.79 Å². The third-order valence-corrected chi connectivity index (χ3v) is 5.62. The average molecular weight is 410 g/mol. The number of Topliss-reactive ketones (excluding diaryl/α,β-unsaturated/α-hetero) is 1. The Labute approximate surface area is 172 Å². The first kappa shape index (κ1) is 18.7. The molecule has 0 fully saturated rings. The molecule has 1 unspecified atom stereocenters. The summed E-state index contributed by atoms with van der Waals surface area (Å²) in [5, 5.41) is 0.888. The summed E-state index contributed by atoms with van der Waals surface area (Å²) in [5.41, 5.74) is 3.96. The van der Waals surface area contributed by atoms with Gasteiger partial charge in [0.2, 0.25) is 5.89 Å². The highest BCUT2D eigenvalue weighted by atomic mass is 35.5. The van der Waals surface area contributed by atoms with Gasteiger partial charge in [-0.05, 0) is 41.5 Å². The highest BCUT2D eigenvalue weighted by molar-refractivity contribution is 6.42. The number of fused-ring (bicyclic) bond motifs is 1. The minimum absolute atomic E-state index is 0.0614. The van der Waals surface area contributed by atoms with Crippen molar-refractivity contribution in [1.82, 2.24) is 4.98 Å². The molecule has 28 heavy (non-hydrogen) atoms. The minimum atomic E-state index is -0.350. The first-order chi connectivity index (χ1) is 13.5.